The molecule has 1 fully saturated rings. The van der Waals surface area contributed by atoms with Crippen LogP contribution < -0.4 is 14.8 Å². The van der Waals surface area contributed by atoms with E-state index in [1.807, 2.05) is 0 Å². The van der Waals surface area contributed by atoms with E-state index in [0.29, 0.717) is 5.92 Å². The molecule has 1 aromatic rings. The fourth-order valence-electron chi connectivity index (χ4n) is 2.98. The second-order valence-corrected chi connectivity index (χ2v) is 12.6. The van der Waals surface area contributed by atoms with Crippen molar-refractivity contribution in [1.82, 2.24) is 4.72 Å². The minimum atomic E-state index is -3.16. The Morgan fingerprint density at radius 1 is 1.04 bits per heavy atom. The maximum absolute atomic E-state index is 12.0. The molecule has 0 saturated heterocycles. The summed E-state index contributed by atoms with van der Waals surface area (Å²) < 4.78 is 30.4. The third kappa shape index (κ3) is 7.92. The normalized spacial score (nSPS) is 21.3. The van der Waals surface area contributed by atoms with Crippen LogP contribution in [0, 0.1) is 5.92 Å². The van der Waals surface area contributed by atoms with Gasteiger partial charge in [0.05, 0.1) is 5.25 Å². The first kappa shape index (κ1) is 22.4. The lowest BCUT2D eigenvalue weighted by atomic mass is 9.86. The summed E-state index contributed by atoms with van der Waals surface area (Å²) in [5, 5.41) is 3.16. The topological polar surface area (TPSA) is 70.2 Å². The van der Waals surface area contributed by atoms with E-state index >= 15 is 0 Å². The molecule has 2 rings (SSSR count). The average Bonchev–Trinajstić information content (AvgIpc) is 2.59. The minimum Gasteiger partial charge on any atom is -0.385 e. The third-order valence-corrected chi connectivity index (χ3v) is 7.61. The monoisotopic (exact) mass is 413 g/mol. The van der Waals surface area contributed by atoms with E-state index in [2.05, 4.69) is 59.8 Å². The van der Waals surface area contributed by atoms with Gasteiger partial charge in [0.1, 0.15) is 0 Å². The third-order valence-electron chi connectivity index (χ3n) is 4.75. The molecular weight excluding hydrogens is 378 g/mol. The predicted octanol–water partition coefficient (Wildman–Crippen LogP) is 4.84. The van der Waals surface area contributed by atoms with Crippen LogP contribution in [0.2, 0.25) is 0 Å². The number of hydrogen-bond donors (Lipinski definition) is 3. The van der Waals surface area contributed by atoms with Gasteiger partial charge in [-0.2, -0.15) is 0 Å². The summed E-state index contributed by atoms with van der Waals surface area (Å²) in [5.74, 6) is 0.596. The molecule has 0 radical (unpaired) electrons. The van der Waals surface area contributed by atoms with Gasteiger partial charge in [0.2, 0.25) is 10.0 Å². The zero-order chi connectivity index (χ0) is 20.1. The van der Waals surface area contributed by atoms with Gasteiger partial charge in [0, 0.05) is 28.7 Å². The standard InChI is InChI=1S/C20H35N3O2S2/c1-15(2)27(24,25)23-19-8-6-16(7-9-19)14-21-17-10-12-18(13-11-17)22-26-20(3,4)5/h10-13,15-16,19,21-23H,6-9,14H2,1-5H3. The van der Waals surface area contributed by atoms with E-state index in [0.717, 1.165) is 43.6 Å². The van der Waals surface area contributed by atoms with E-state index in [1.165, 1.54) is 0 Å². The Morgan fingerprint density at radius 3 is 2.11 bits per heavy atom. The van der Waals surface area contributed by atoms with Gasteiger partial charge in [-0.25, -0.2) is 13.1 Å². The van der Waals surface area contributed by atoms with E-state index in [1.54, 1.807) is 25.8 Å². The van der Waals surface area contributed by atoms with Crippen molar-refractivity contribution < 1.29 is 8.42 Å². The lowest BCUT2D eigenvalue weighted by Gasteiger charge is -2.29. The number of nitrogens with one attached hydrogen (secondary N) is 3. The van der Waals surface area contributed by atoms with Gasteiger partial charge >= 0.3 is 0 Å². The molecule has 0 unspecified atom stereocenters. The fourth-order valence-corrected chi connectivity index (χ4v) is 4.52. The molecule has 7 heteroatoms. The highest BCUT2D eigenvalue weighted by molar-refractivity contribution is 8.01. The molecule has 1 aliphatic carbocycles. The summed E-state index contributed by atoms with van der Waals surface area (Å²) >= 11 is 1.72. The van der Waals surface area contributed by atoms with Crippen molar-refractivity contribution in [3.05, 3.63) is 24.3 Å². The van der Waals surface area contributed by atoms with Crippen molar-refractivity contribution in [3.8, 4) is 0 Å². The largest absolute Gasteiger partial charge is 0.385 e. The Bertz CT molecular complexity index is 674. The Balaban J connectivity index is 1.72. The maximum atomic E-state index is 12.0. The molecule has 1 saturated carbocycles. The number of anilines is 2. The number of sulfonamides is 1. The molecule has 27 heavy (non-hydrogen) atoms. The lowest BCUT2D eigenvalue weighted by Crippen LogP contribution is -2.41. The van der Waals surface area contributed by atoms with Crippen molar-refractivity contribution in [2.45, 2.75) is 76.3 Å². The molecule has 0 heterocycles. The average molecular weight is 414 g/mol. The Kier molecular flexibility index (Phi) is 7.89. The first-order valence-corrected chi connectivity index (χ1v) is 12.2. The highest BCUT2D eigenvalue weighted by Crippen LogP contribution is 2.27. The van der Waals surface area contributed by atoms with E-state index in [4.69, 9.17) is 0 Å². The van der Waals surface area contributed by atoms with Gasteiger partial charge < -0.3 is 10.0 Å². The molecule has 0 atom stereocenters. The zero-order valence-corrected chi connectivity index (χ0v) is 18.8. The summed E-state index contributed by atoms with van der Waals surface area (Å²) in [6.45, 7) is 10.9. The second-order valence-electron chi connectivity index (χ2n) is 8.70. The summed E-state index contributed by atoms with van der Waals surface area (Å²) in [6.07, 6.45) is 3.96. The van der Waals surface area contributed by atoms with Gasteiger partial charge in [-0.05, 0) is 102 Å². The van der Waals surface area contributed by atoms with Crippen LogP contribution in [-0.4, -0.2) is 31.0 Å². The SMILES string of the molecule is CC(C)S(=O)(=O)NC1CCC(CNc2ccc(NSC(C)(C)C)cc2)CC1. The molecule has 0 spiro atoms. The fraction of sp³-hybridized carbons (Fsp3) is 0.700. The highest BCUT2D eigenvalue weighted by atomic mass is 32.2. The van der Waals surface area contributed by atoms with E-state index in [9.17, 15) is 8.42 Å². The van der Waals surface area contributed by atoms with Crippen molar-refractivity contribution in [3.63, 3.8) is 0 Å². The summed E-state index contributed by atoms with van der Waals surface area (Å²) in [7, 11) is -3.16. The van der Waals surface area contributed by atoms with Crippen LogP contribution in [0.1, 0.15) is 60.3 Å². The van der Waals surface area contributed by atoms with Crippen molar-refractivity contribution in [2.75, 3.05) is 16.6 Å². The molecule has 0 aromatic heterocycles. The molecule has 0 aliphatic heterocycles. The van der Waals surface area contributed by atoms with Crippen LogP contribution >= 0.6 is 11.9 Å². The van der Waals surface area contributed by atoms with Gasteiger partial charge in [-0.3, -0.25) is 0 Å². The quantitative estimate of drug-likeness (QED) is 0.532. The lowest BCUT2D eigenvalue weighted by molar-refractivity contribution is 0.323. The smallest absolute Gasteiger partial charge is 0.214 e. The molecular formula is C20H35N3O2S2. The summed E-state index contributed by atoms with van der Waals surface area (Å²) in [6, 6.07) is 8.50. The van der Waals surface area contributed by atoms with Gasteiger partial charge in [-0.15, -0.1) is 0 Å². The van der Waals surface area contributed by atoms with Crippen LogP contribution in [0.15, 0.2) is 24.3 Å². The van der Waals surface area contributed by atoms with Gasteiger partial charge in [-0.1, -0.05) is 0 Å². The molecule has 154 valence electrons. The van der Waals surface area contributed by atoms with Crippen LogP contribution in [0.4, 0.5) is 11.4 Å². The Morgan fingerprint density at radius 2 is 1.59 bits per heavy atom. The van der Waals surface area contributed by atoms with Gasteiger partial charge in [0.25, 0.3) is 0 Å². The molecule has 1 aliphatic rings. The van der Waals surface area contributed by atoms with Crippen LogP contribution in [0.25, 0.3) is 0 Å². The predicted molar refractivity (Wildman–Crippen MR) is 119 cm³/mol. The molecule has 3 N–H and O–H groups in total. The Hall–Kier alpha value is -0.920. The Labute approximate surface area is 169 Å². The first-order chi connectivity index (χ1) is 12.5. The zero-order valence-electron chi connectivity index (χ0n) is 17.2. The van der Waals surface area contributed by atoms with Gasteiger partial charge in [0.15, 0.2) is 0 Å². The molecule has 0 bridgehead atoms. The number of benzene rings is 1. The number of hydrogen-bond acceptors (Lipinski definition) is 5. The van der Waals surface area contributed by atoms with E-state index in [-0.39, 0.29) is 16.0 Å². The van der Waals surface area contributed by atoms with Crippen molar-refractivity contribution >= 4 is 33.3 Å². The first-order valence-electron chi connectivity index (χ1n) is 9.84. The number of rotatable bonds is 8. The van der Waals surface area contributed by atoms with Crippen molar-refractivity contribution in [1.29, 1.82) is 0 Å². The van der Waals surface area contributed by atoms with Crippen molar-refractivity contribution in [2.24, 2.45) is 5.92 Å². The summed E-state index contributed by atoms with van der Waals surface area (Å²) in [5.41, 5.74) is 2.24. The summed E-state index contributed by atoms with van der Waals surface area (Å²) in [4.78, 5) is 0. The maximum Gasteiger partial charge on any atom is 0.214 e. The minimum absolute atomic E-state index is 0.0966. The highest BCUT2D eigenvalue weighted by Gasteiger charge is 2.26. The molecule has 1 aromatic carbocycles. The van der Waals surface area contributed by atoms with Crippen LogP contribution in [0.3, 0.4) is 0 Å². The van der Waals surface area contributed by atoms with Crippen LogP contribution in [0.5, 0.6) is 0 Å². The second kappa shape index (κ2) is 9.52. The molecule has 5 nitrogen and oxygen atoms in total. The molecule has 0 amide bonds. The van der Waals surface area contributed by atoms with E-state index < -0.39 is 10.0 Å². The van der Waals surface area contributed by atoms with Crippen LogP contribution in [-0.2, 0) is 10.0 Å².